The minimum atomic E-state index is -0.332. The number of aryl methyl sites for hydroxylation is 1. The molecule has 0 bridgehead atoms. The molecule has 4 rings (SSSR count). The molecule has 9 heteroatoms. The van der Waals surface area contributed by atoms with Gasteiger partial charge in [-0.3, -0.25) is 10.1 Å². The van der Waals surface area contributed by atoms with Crippen LogP contribution in [-0.4, -0.2) is 34.7 Å². The number of fused-ring (bicyclic) bond motifs is 1. The zero-order valence-electron chi connectivity index (χ0n) is 17.0. The van der Waals surface area contributed by atoms with Gasteiger partial charge in [0.2, 0.25) is 4.96 Å². The van der Waals surface area contributed by atoms with Crippen molar-refractivity contribution in [3.05, 3.63) is 63.5 Å². The van der Waals surface area contributed by atoms with Crippen LogP contribution in [0.1, 0.15) is 11.1 Å². The SMILES string of the molecule is COc1cc(/C=C/C(=O)Nc2nc3scc(-c4ccc(C)cc4)n3n2)cc(Br)c1OC. The molecule has 1 amide bonds. The lowest BCUT2D eigenvalue weighted by atomic mass is 10.1. The minimum absolute atomic E-state index is 0.253. The van der Waals surface area contributed by atoms with E-state index >= 15 is 0 Å². The van der Waals surface area contributed by atoms with Gasteiger partial charge in [0.1, 0.15) is 0 Å². The summed E-state index contributed by atoms with van der Waals surface area (Å²) < 4.78 is 13.1. The van der Waals surface area contributed by atoms with Crippen LogP contribution in [0.25, 0.3) is 22.3 Å². The molecule has 7 nitrogen and oxygen atoms in total. The molecule has 2 heterocycles. The van der Waals surface area contributed by atoms with Crippen molar-refractivity contribution in [3.63, 3.8) is 0 Å². The first-order valence-corrected chi connectivity index (χ1v) is 11.0. The molecule has 0 fully saturated rings. The van der Waals surface area contributed by atoms with Gasteiger partial charge in [-0.15, -0.1) is 16.4 Å². The number of benzene rings is 2. The largest absolute Gasteiger partial charge is 0.493 e. The molecule has 0 saturated heterocycles. The second-order valence-corrected chi connectivity index (χ2v) is 8.37. The summed E-state index contributed by atoms with van der Waals surface area (Å²) in [5.74, 6) is 1.08. The normalized spacial score (nSPS) is 11.2. The van der Waals surface area contributed by atoms with E-state index in [0.717, 1.165) is 21.3 Å². The third-order valence-electron chi connectivity index (χ3n) is 4.55. The number of anilines is 1. The number of carbonyl (C=O) groups is 1. The second-order valence-electron chi connectivity index (χ2n) is 6.68. The van der Waals surface area contributed by atoms with Crippen molar-refractivity contribution in [3.8, 4) is 22.8 Å². The number of ether oxygens (including phenoxy) is 2. The number of rotatable bonds is 6. The van der Waals surface area contributed by atoms with Gasteiger partial charge in [-0.2, -0.15) is 4.98 Å². The predicted molar refractivity (Wildman–Crippen MR) is 126 cm³/mol. The van der Waals surface area contributed by atoms with Crippen molar-refractivity contribution in [2.45, 2.75) is 6.92 Å². The molecular formula is C22H19BrN4O3S. The maximum absolute atomic E-state index is 12.4. The number of carbonyl (C=O) groups excluding carboxylic acids is 1. The number of thiazole rings is 1. The number of methoxy groups -OCH3 is 2. The summed E-state index contributed by atoms with van der Waals surface area (Å²) in [5.41, 5.74) is 3.94. The van der Waals surface area contributed by atoms with Crippen molar-refractivity contribution < 1.29 is 14.3 Å². The van der Waals surface area contributed by atoms with Gasteiger partial charge >= 0.3 is 0 Å². The van der Waals surface area contributed by atoms with Crippen LogP contribution in [0.3, 0.4) is 0 Å². The van der Waals surface area contributed by atoms with Gasteiger partial charge in [-0.1, -0.05) is 29.8 Å². The Hall–Kier alpha value is -3.17. The maximum Gasteiger partial charge on any atom is 0.250 e. The molecule has 0 aliphatic heterocycles. The molecule has 0 saturated carbocycles. The highest BCUT2D eigenvalue weighted by molar-refractivity contribution is 9.10. The van der Waals surface area contributed by atoms with Crippen molar-refractivity contribution in [2.24, 2.45) is 0 Å². The third-order valence-corrected chi connectivity index (χ3v) is 5.95. The maximum atomic E-state index is 12.4. The van der Waals surface area contributed by atoms with Gasteiger partial charge in [0.25, 0.3) is 11.9 Å². The van der Waals surface area contributed by atoms with E-state index in [1.807, 2.05) is 30.5 Å². The average Bonchev–Trinajstić information content (AvgIpc) is 3.32. The Morgan fingerprint density at radius 3 is 2.68 bits per heavy atom. The lowest BCUT2D eigenvalue weighted by molar-refractivity contribution is -0.111. The van der Waals surface area contributed by atoms with E-state index in [-0.39, 0.29) is 11.9 Å². The molecule has 0 aliphatic rings. The molecule has 1 N–H and O–H groups in total. The zero-order chi connectivity index (χ0) is 22.0. The first-order valence-electron chi connectivity index (χ1n) is 9.30. The molecule has 0 unspecified atom stereocenters. The number of hydrogen-bond acceptors (Lipinski definition) is 6. The fourth-order valence-corrected chi connectivity index (χ4v) is 4.47. The molecule has 2 aromatic heterocycles. The Morgan fingerprint density at radius 1 is 1.19 bits per heavy atom. The summed E-state index contributed by atoms with van der Waals surface area (Å²) in [7, 11) is 3.13. The molecular weight excluding hydrogens is 480 g/mol. The van der Waals surface area contributed by atoms with E-state index in [2.05, 4.69) is 43.5 Å². The fraction of sp³-hybridized carbons (Fsp3) is 0.136. The monoisotopic (exact) mass is 498 g/mol. The Bertz CT molecular complexity index is 1280. The number of aromatic nitrogens is 3. The van der Waals surface area contributed by atoms with Crippen molar-refractivity contribution in [1.29, 1.82) is 0 Å². The second kappa shape index (κ2) is 8.91. The highest BCUT2D eigenvalue weighted by Gasteiger charge is 2.13. The van der Waals surface area contributed by atoms with Gasteiger partial charge < -0.3 is 9.47 Å². The Kier molecular flexibility index (Phi) is 6.06. The Balaban J connectivity index is 1.51. The van der Waals surface area contributed by atoms with E-state index in [1.165, 1.54) is 23.0 Å². The van der Waals surface area contributed by atoms with Crippen LogP contribution in [0.4, 0.5) is 5.95 Å². The van der Waals surface area contributed by atoms with Gasteiger partial charge in [-0.05, 0) is 46.6 Å². The summed E-state index contributed by atoms with van der Waals surface area (Å²) in [5, 5.41) is 9.15. The van der Waals surface area contributed by atoms with Crippen LogP contribution in [0.2, 0.25) is 0 Å². The van der Waals surface area contributed by atoms with Gasteiger partial charge in [0, 0.05) is 17.0 Å². The first kappa shape index (κ1) is 21.1. The van der Waals surface area contributed by atoms with Crippen LogP contribution >= 0.6 is 27.3 Å². The average molecular weight is 499 g/mol. The summed E-state index contributed by atoms with van der Waals surface area (Å²) in [4.78, 5) is 17.5. The quantitative estimate of drug-likeness (QED) is 0.369. The van der Waals surface area contributed by atoms with Crippen LogP contribution in [0.5, 0.6) is 11.5 Å². The number of hydrogen-bond donors (Lipinski definition) is 1. The number of nitrogens with one attached hydrogen (secondary N) is 1. The topological polar surface area (TPSA) is 77.8 Å². The van der Waals surface area contributed by atoms with Crippen LogP contribution < -0.4 is 14.8 Å². The van der Waals surface area contributed by atoms with Crippen molar-refractivity contribution in [1.82, 2.24) is 14.6 Å². The number of halogens is 1. The van der Waals surface area contributed by atoms with Gasteiger partial charge in [0.15, 0.2) is 11.5 Å². The lowest BCUT2D eigenvalue weighted by Gasteiger charge is -2.10. The molecule has 0 radical (unpaired) electrons. The molecule has 0 aliphatic carbocycles. The zero-order valence-corrected chi connectivity index (χ0v) is 19.5. The highest BCUT2D eigenvalue weighted by atomic mass is 79.9. The number of amides is 1. The van der Waals surface area contributed by atoms with E-state index in [1.54, 1.807) is 30.9 Å². The lowest BCUT2D eigenvalue weighted by Crippen LogP contribution is -2.09. The number of nitrogens with zero attached hydrogens (tertiary/aromatic N) is 3. The summed E-state index contributed by atoms with van der Waals surface area (Å²) in [6, 6.07) is 11.8. The molecule has 0 spiro atoms. The van der Waals surface area contributed by atoms with Crippen molar-refractivity contribution >= 4 is 50.2 Å². The predicted octanol–water partition coefficient (Wildman–Crippen LogP) is 5.20. The summed E-state index contributed by atoms with van der Waals surface area (Å²) in [6.45, 7) is 2.05. The third kappa shape index (κ3) is 4.47. The molecule has 4 aromatic rings. The van der Waals surface area contributed by atoms with Gasteiger partial charge in [-0.25, -0.2) is 4.52 Å². The Morgan fingerprint density at radius 2 is 1.97 bits per heavy atom. The standard InChI is InChI=1S/C22H19BrN4O3S/c1-13-4-7-15(8-5-13)17-12-31-22-25-21(26-27(17)22)24-19(28)9-6-14-10-16(23)20(30-3)18(11-14)29-2/h4-12H,1-3H3,(H,24,26,28)/b9-6+. The first-order chi connectivity index (χ1) is 15.0. The summed E-state index contributed by atoms with van der Waals surface area (Å²) >= 11 is 4.91. The van der Waals surface area contributed by atoms with Crippen LogP contribution in [0, 0.1) is 6.92 Å². The highest BCUT2D eigenvalue weighted by Crippen LogP contribution is 2.36. The van der Waals surface area contributed by atoms with E-state index in [4.69, 9.17) is 9.47 Å². The smallest absolute Gasteiger partial charge is 0.250 e. The van der Waals surface area contributed by atoms with E-state index < -0.39 is 0 Å². The minimum Gasteiger partial charge on any atom is -0.493 e. The summed E-state index contributed by atoms with van der Waals surface area (Å²) in [6.07, 6.45) is 3.10. The Labute approximate surface area is 191 Å². The molecule has 31 heavy (non-hydrogen) atoms. The van der Waals surface area contributed by atoms with Gasteiger partial charge in [0.05, 0.1) is 24.4 Å². The molecule has 0 atom stereocenters. The fourth-order valence-electron chi connectivity index (χ4n) is 3.01. The van der Waals surface area contributed by atoms with Crippen molar-refractivity contribution in [2.75, 3.05) is 19.5 Å². The molecule has 2 aromatic carbocycles. The van der Waals surface area contributed by atoms with E-state index in [9.17, 15) is 4.79 Å². The van der Waals surface area contributed by atoms with Crippen LogP contribution in [0.15, 0.2) is 52.3 Å². The van der Waals surface area contributed by atoms with E-state index in [0.29, 0.717) is 16.5 Å². The molecule has 158 valence electrons. The van der Waals surface area contributed by atoms with Crippen LogP contribution in [-0.2, 0) is 4.79 Å².